The lowest BCUT2D eigenvalue weighted by Gasteiger charge is -2.23. The molecule has 1 aliphatic rings. The average molecular weight is 443 g/mol. The van der Waals surface area contributed by atoms with Gasteiger partial charge < -0.3 is 15.1 Å². The van der Waals surface area contributed by atoms with Gasteiger partial charge in [-0.05, 0) is 29.2 Å². The topological polar surface area (TPSA) is 47.9 Å². The number of nitrogens with one attached hydrogen (secondary N) is 1. The minimum Gasteiger partial charge on any atom is -0.356 e. The van der Waals surface area contributed by atoms with Gasteiger partial charge in [-0.15, -0.1) is 0 Å². The molecule has 0 atom stereocenters. The van der Waals surface area contributed by atoms with Crippen LogP contribution >= 0.6 is 15.9 Å². The van der Waals surface area contributed by atoms with E-state index in [4.69, 9.17) is 0 Å². The van der Waals surface area contributed by atoms with Crippen molar-refractivity contribution >= 4 is 27.8 Å². The van der Waals surface area contributed by atoms with Gasteiger partial charge >= 0.3 is 0 Å². The van der Waals surface area contributed by atoms with Crippen LogP contribution in [0.4, 0.5) is 0 Å². The van der Waals surface area contributed by atoms with Crippen LogP contribution in [0.15, 0.2) is 58.0 Å². The van der Waals surface area contributed by atoms with Gasteiger partial charge in [0.25, 0.3) is 0 Å². The van der Waals surface area contributed by atoms with Crippen LogP contribution in [0.2, 0.25) is 0 Å². The fourth-order valence-electron chi connectivity index (χ4n) is 3.45. The highest BCUT2D eigenvalue weighted by atomic mass is 79.9. The zero-order valence-electron chi connectivity index (χ0n) is 16.5. The lowest BCUT2D eigenvalue weighted by Crippen LogP contribution is -2.39. The maximum atomic E-state index is 12.5. The molecule has 0 fully saturated rings. The van der Waals surface area contributed by atoms with Gasteiger partial charge in [-0.25, -0.2) is 0 Å². The van der Waals surface area contributed by atoms with Gasteiger partial charge in [0.05, 0.1) is 0 Å². The molecular weight excluding hydrogens is 416 g/mol. The second kappa shape index (κ2) is 9.73. The first-order valence-corrected chi connectivity index (χ1v) is 10.4. The van der Waals surface area contributed by atoms with Crippen molar-refractivity contribution < 1.29 is 4.79 Å². The maximum absolute atomic E-state index is 12.5. The molecule has 28 heavy (non-hydrogen) atoms. The zero-order valence-corrected chi connectivity index (χ0v) is 18.1. The predicted molar refractivity (Wildman–Crippen MR) is 117 cm³/mol. The number of fused-ring (bicyclic) bond motifs is 1. The summed E-state index contributed by atoms with van der Waals surface area (Å²) in [6.45, 7) is 2.95. The highest BCUT2D eigenvalue weighted by Crippen LogP contribution is 2.23. The van der Waals surface area contributed by atoms with E-state index in [1.165, 1.54) is 16.7 Å². The number of hydrogen-bond donors (Lipinski definition) is 1. The van der Waals surface area contributed by atoms with Crippen LogP contribution in [0.25, 0.3) is 0 Å². The van der Waals surface area contributed by atoms with Crippen molar-refractivity contribution in [3.8, 4) is 0 Å². The average Bonchev–Trinajstić information content (AvgIpc) is 3.14. The minimum atomic E-state index is 0.217. The summed E-state index contributed by atoms with van der Waals surface area (Å²) in [7, 11) is 3.80. The number of carbonyl (C=O) groups excluding carboxylic acids is 1. The molecule has 5 nitrogen and oxygen atoms in total. The molecule has 0 aromatic heterocycles. The molecule has 6 heteroatoms. The van der Waals surface area contributed by atoms with Crippen LogP contribution in [-0.4, -0.2) is 42.3 Å². The first kappa shape index (κ1) is 20.4. The van der Waals surface area contributed by atoms with Crippen molar-refractivity contribution in [1.29, 1.82) is 0 Å². The van der Waals surface area contributed by atoms with Crippen LogP contribution < -0.4 is 5.32 Å². The molecule has 0 unspecified atom stereocenters. The molecule has 3 rings (SSSR count). The summed E-state index contributed by atoms with van der Waals surface area (Å²) in [5.74, 6) is 1.05. The number of amides is 1. The highest BCUT2D eigenvalue weighted by molar-refractivity contribution is 9.10. The molecule has 2 aromatic rings. The Morgan fingerprint density at radius 3 is 2.43 bits per heavy atom. The van der Waals surface area contributed by atoms with Crippen molar-refractivity contribution in [2.24, 2.45) is 4.99 Å². The number of halogens is 1. The van der Waals surface area contributed by atoms with Crippen molar-refractivity contribution in [1.82, 2.24) is 15.1 Å². The number of rotatable bonds is 6. The Bertz CT molecular complexity index is 827. The Hall–Kier alpha value is -2.34. The Balaban J connectivity index is 1.41. The molecule has 0 radical (unpaired) electrons. The molecule has 0 saturated carbocycles. The molecule has 0 bridgehead atoms. The van der Waals surface area contributed by atoms with Crippen molar-refractivity contribution in [2.45, 2.75) is 32.5 Å². The second-order valence-corrected chi connectivity index (χ2v) is 7.90. The molecular formula is C22H27BrN4O. The van der Waals surface area contributed by atoms with Crippen LogP contribution in [0.3, 0.4) is 0 Å². The second-order valence-electron chi connectivity index (χ2n) is 7.04. The third kappa shape index (κ3) is 5.13. The summed E-state index contributed by atoms with van der Waals surface area (Å²) >= 11 is 3.59. The zero-order chi connectivity index (χ0) is 19.9. The Morgan fingerprint density at radius 1 is 1.14 bits per heavy atom. The summed E-state index contributed by atoms with van der Waals surface area (Å²) in [5, 5.41) is 3.36. The van der Waals surface area contributed by atoms with E-state index in [0.29, 0.717) is 6.42 Å². The van der Waals surface area contributed by atoms with Gasteiger partial charge in [0.15, 0.2) is 5.96 Å². The Kier molecular flexibility index (Phi) is 7.09. The number of benzene rings is 2. The normalized spacial score (nSPS) is 13.4. The van der Waals surface area contributed by atoms with Crippen molar-refractivity contribution in [2.75, 3.05) is 20.6 Å². The smallest absolute Gasteiger partial charge is 0.223 e. The van der Waals surface area contributed by atoms with E-state index in [2.05, 4.69) is 49.3 Å². The molecule has 1 aliphatic heterocycles. The molecule has 1 heterocycles. The monoisotopic (exact) mass is 442 g/mol. The van der Waals surface area contributed by atoms with Gasteiger partial charge in [-0.2, -0.15) is 0 Å². The fraction of sp³-hybridized carbons (Fsp3) is 0.364. The summed E-state index contributed by atoms with van der Waals surface area (Å²) in [4.78, 5) is 20.9. The minimum absolute atomic E-state index is 0.217. The van der Waals surface area contributed by atoms with Crippen LogP contribution in [0.5, 0.6) is 0 Å². The summed E-state index contributed by atoms with van der Waals surface area (Å²) in [5.41, 5.74) is 3.74. The summed E-state index contributed by atoms with van der Waals surface area (Å²) < 4.78 is 1.09. The van der Waals surface area contributed by atoms with E-state index in [1.807, 2.05) is 42.3 Å². The molecule has 148 valence electrons. The standard InChI is InChI=1S/C22H27BrN4O/c1-24-22(26(2)14-19-10-5-6-11-20(19)23)25-13-7-12-21(28)27-15-17-8-3-4-9-18(17)16-27/h3-6,8-11H,7,12-16H2,1-2H3,(H,24,25). The van der Waals surface area contributed by atoms with E-state index >= 15 is 0 Å². The first-order chi connectivity index (χ1) is 13.6. The van der Waals surface area contributed by atoms with E-state index < -0.39 is 0 Å². The summed E-state index contributed by atoms with van der Waals surface area (Å²) in [6.07, 6.45) is 1.33. The van der Waals surface area contributed by atoms with Gasteiger partial charge in [-0.1, -0.05) is 58.4 Å². The number of aliphatic imine (C=N–C) groups is 1. The molecule has 0 spiro atoms. The lowest BCUT2D eigenvalue weighted by molar-refractivity contribution is -0.131. The van der Waals surface area contributed by atoms with Gasteiger partial charge in [0.1, 0.15) is 0 Å². The molecule has 1 N–H and O–H groups in total. The Labute approximate surface area is 175 Å². The van der Waals surface area contributed by atoms with E-state index in [-0.39, 0.29) is 5.91 Å². The fourth-order valence-corrected chi connectivity index (χ4v) is 3.86. The van der Waals surface area contributed by atoms with Gasteiger partial charge in [-0.3, -0.25) is 9.79 Å². The molecule has 1 amide bonds. The number of guanidine groups is 1. The summed E-state index contributed by atoms with van der Waals surface area (Å²) in [6, 6.07) is 16.5. The highest BCUT2D eigenvalue weighted by Gasteiger charge is 2.22. The van der Waals surface area contributed by atoms with Gasteiger partial charge in [0.2, 0.25) is 5.91 Å². The van der Waals surface area contributed by atoms with Crippen molar-refractivity contribution in [3.63, 3.8) is 0 Å². The SMILES string of the molecule is CN=C(NCCCC(=O)N1Cc2ccccc2C1)N(C)Cc1ccccc1Br. The number of hydrogen-bond acceptors (Lipinski definition) is 2. The Morgan fingerprint density at radius 2 is 1.79 bits per heavy atom. The molecule has 2 aromatic carbocycles. The lowest BCUT2D eigenvalue weighted by atomic mass is 10.1. The third-order valence-electron chi connectivity index (χ3n) is 4.98. The number of carbonyl (C=O) groups is 1. The first-order valence-electron chi connectivity index (χ1n) is 9.58. The molecule has 0 saturated heterocycles. The van der Waals surface area contributed by atoms with Crippen LogP contribution in [-0.2, 0) is 24.4 Å². The largest absolute Gasteiger partial charge is 0.356 e. The quantitative estimate of drug-likeness (QED) is 0.420. The van der Waals surface area contributed by atoms with Crippen LogP contribution in [0, 0.1) is 0 Å². The third-order valence-corrected chi connectivity index (χ3v) is 5.76. The van der Waals surface area contributed by atoms with E-state index in [1.54, 1.807) is 7.05 Å². The maximum Gasteiger partial charge on any atom is 0.223 e. The van der Waals surface area contributed by atoms with E-state index in [0.717, 1.165) is 43.0 Å². The van der Waals surface area contributed by atoms with Crippen molar-refractivity contribution in [3.05, 3.63) is 69.7 Å². The van der Waals surface area contributed by atoms with E-state index in [9.17, 15) is 4.79 Å². The van der Waals surface area contributed by atoms with Gasteiger partial charge in [0, 0.05) is 51.2 Å². The number of nitrogens with zero attached hydrogens (tertiary/aromatic N) is 3. The molecule has 0 aliphatic carbocycles. The predicted octanol–water partition coefficient (Wildman–Crippen LogP) is 3.78. The van der Waals surface area contributed by atoms with Crippen LogP contribution in [0.1, 0.15) is 29.5 Å².